The van der Waals surface area contributed by atoms with Gasteiger partial charge in [0.2, 0.25) is 0 Å². The van der Waals surface area contributed by atoms with E-state index in [9.17, 15) is 9.59 Å². The van der Waals surface area contributed by atoms with Crippen LogP contribution >= 0.6 is 11.8 Å². The highest BCUT2D eigenvalue weighted by molar-refractivity contribution is 8.03. The lowest BCUT2D eigenvalue weighted by atomic mass is 10.0. The van der Waals surface area contributed by atoms with E-state index in [1.165, 1.54) is 22.1 Å². The minimum absolute atomic E-state index is 0.0284. The number of carbonyl (C=O) groups is 2. The fraction of sp³-hybridized carbons (Fsp3) is 0.188. The second-order valence-electron chi connectivity index (χ2n) is 5.59. The first kappa shape index (κ1) is 15.6. The van der Waals surface area contributed by atoms with Crippen LogP contribution < -0.4 is 4.57 Å². The molecule has 0 bridgehead atoms. The number of thioether (sulfide) groups is 1. The van der Waals surface area contributed by atoms with Crippen LogP contribution in [0.5, 0.6) is 0 Å². The van der Waals surface area contributed by atoms with Crippen LogP contribution in [-0.4, -0.2) is 42.3 Å². The Kier molecular flexibility index (Phi) is 3.85. The summed E-state index contributed by atoms with van der Waals surface area (Å²) in [5.41, 5.74) is 1.16. The van der Waals surface area contributed by atoms with Crippen LogP contribution in [0.4, 0.5) is 0 Å². The zero-order chi connectivity index (χ0) is 17.4. The van der Waals surface area contributed by atoms with Crippen molar-refractivity contribution in [1.82, 2.24) is 19.9 Å². The van der Waals surface area contributed by atoms with E-state index < -0.39 is 5.97 Å². The molecule has 0 saturated carbocycles. The molecule has 9 heteroatoms. The van der Waals surface area contributed by atoms with Gasteiger partial charge in [0.25, 0.3) is 5.91 Å². The summed E-state index contributed by atoms with van der Waals surface area (Å²) in [6, 6.07) is 5.88. The highest BCUT2D eigenvalue weighted by Crippen LogP contribution is 2.44. The van der Waals surface area contributed by atoms with Crippen LogP contribution in [0.15, 0.2) is 53.5 Å². The highest BCUT2D eigenvalue weighted by Gasteiger charge is 2.49. The van der Waals surface area contributed by atoms with Gasteiger partial charge in [0, 0.05) is 17.5 Å². The lowest BCUT2D eigenvalue weighted by Gasteiger charge is -2.36. The van der Waals surface area contributed by atoms with Gasteiger partial charge in [0.15, 0.2) is 18.9 Å². The maximum absolute atomic E-state index is 12.2. The number of aryl methyl sites for hydroxylation is 2. The van der Waals surface area contributed by atoms with E-state index in [0.717, 1.165) is 6.54 Å². The average Bonchev–Trinajstić information content (AvgIpc) is 3.23. The molecule has 1 atom stereocenters. The molecule has 0 unspecified atom stereocenters. The normalized spacial score (nSPS) is 20.4. The second kappa shape index (κ2) is 6.17. The monoisotopic (exact) mass is 356 g/mol. The molecule has 1 saturated heterocycles. The number of pyridine rings is 1. The van der Waals surface area contributed by atoms with E-state index in [0.29, 0.717) is 17.8 Å². The van der Waals surface area contributed by atoms with E-state index in [1.54, 1.807) is 17.0 Å². The summed E-state index contributed by atoms with van der Waals surface area (Å²) in [6.45, 7) is 1.42. The lowest BCUT2D eigenvalue weighted by molar-refractivity contribution is -0.698. The first-order valence-corrected chi connectivity index (χ1v) is 8.56. The zero-order valence-electron chi connectivity index (χ0n) is 13.0. The number of hydrogen-bond acceptors (Lipinski definition) is 5. The van der Waals surface area contributed by atoms with Crippen LogP contribution in [-0.2, 0) is 22.7 Å². The van der Waals surface area contributed by atoms with Crippen molar-refractivity contribution in [3.05, 3.63) is 59.2 Å². The maximum atomic E-state index is 12.2. The molecule has 1 N–H and O–H groups in total. The molecule has 2 aromatic rings. The van der Waals surface area contributed by atoms with Gasteiger partial charge in [-0.15, -0.1) is 16.9 Å². The predicted octanol–water partition coefficient (Wildman–Crippen LogP) is 0.490. The van der Waals surface area contributed by atoms with Crippen molar-refractivity contribution in [1.29, 1.82) is 0 Å². The Bertz CT molecular complexity index is 906. The molecule has 0 aliphatic carbocycles. The number of carbonyl (C=O) groups excluding carboxylic acids is 1. The van der Waals surface area contributed by atoms with Crippen LogP contribution in [0.25, 0.3) is 6.08 Å². The summed E-state index contributed by atoms with van der Waals surface area (Å²) >= 11 is 1.31. The SMILES string of the molecule is O=C(O)C1=CS[C@@H]2/C(=C\c3cn(CC[n+]4ccccc4)nn3)C(=O)N12. The van der Waals surface area contributed by atoms with Gasteiger partial charge in [-0.05, 0) is 6.08 Å². The summed E-state index contributed by atoms with van der Waals surface area (Å²) in [5, 5.41) is 18.4. The maximum Gasteiger partial charge on any atom is 0.353 e. The third-order valence-corrected chi connectivity index (χ3v) is 5.06. The van der Waals surface area contributed by atoms with Crippen molar-refractivity contribution in [2.45, 2.75) is 18.5 Å². The van der Waals surface area contributed by atoms with Gasteiger partial charge in [0.1, 0.15) is 23.3 Å². The van der Waals surface area contributed by atoms with Crippen molar-refractivity contribution in [3.8, 4) is 0 Å². The van der Waals surface area contributed by atoms with Crippen LogP contribution in [0, 0.1) is 0 Å². The first-order valence-electron chi connectivity index (χ1n) is 7.62. The minimum Gasteiger partial charge on any atom is -0.477 e. The van der Waals surface area contributed by atoms with Gasteiger partial charge in [-0.25, -0.2) is 14.0 Å². The molecule has 1 amide bonds. The Morgan fingerprint density at radius 1 is 1.36 bits per heavy atom. The van der Waals surface area contributed by atoms with E-state index >= 15 is 0 Å². The van der Waals surface area contributed by atoms with Crippen LogP contribution in [0.3, 0.4) is 0 Å². The number of carboxylic acid groups (broad SMARTS) is 1. The van der Waals surface area contributed by atoms with Gasteiger partial charge in [-0.3, -0.25) is 9.69 Å². The van der Waals surface area contributed by atoms with Crippen molar-refractivity contribution in [3.63, 3.8) is 0 Å². The van der Waals surface area contributed by atoms with Crippen molar-refractivity contribution >= 4 is 29.7 Å². The Hall–Kier alpha value is -2.94. The van der Waals surface area contributed by atoms with Gasteiger partial charge in [0.05, 0.1) is 11.8 Å². The molecule has 4 rings (SSSR count). The van der Waals surface area contributed by atoms with E-state index in [-0.39, 0.29) is 17.0 Å². The van der Waals surface area contributed by atoms with Crippen molar-refractivity contribution in [2.24, 2.45) is 0 Å². The lowest BCUT2D eigenvalue weighted by Crippen LogP contribution is -2.51. The van der Waals surface area contributed by atoms with E-state index in [4.69, 9.17) is 5.11 Å². The molecule has 0 aromatic carbocycles. The standard InChI is InChI=1S/C16H13N5O3S/c22-14-12(15-21(14)13(10-25-15)16(23)24)8-11-9-20(18-17-11)7-6-19-4-2-1-3-5-19/h1-5,8-10,15H,6-7H2/p+1/b12-8-/t15-/m1/s1. The number of fused-ring (bicyclic) bond motifs is 1. The Balaban J connectivity index is 1.43. The number of amides is 1. The highest BCUT2D eigenvalue weighted by atomic mass is 32.2. The molecule has 8 nitrogen and oxygen atoms in total. The van der Waals surface area contributed by atoms with Crippen LogP contribution in [0.1, 0.15) is 5.69 Å². The topological polar surface area (TPSA) is 92.2 Å². The molecule has 2 aromatic heterocycles. The van der Waals surface area contributed by atoms with E-state index in [1.807, 2.05) is 35.2 Å². The quantitative estimate of drug-likeness (QED) is 0.476. The Morgan fingerprint density at radius 2 is 2.16 bits per heavy atom. The number of nitrogens with zero attached hydrogens (tertiary/aromatic N) is 5. The van der Waals surface area contributed by atoms with Gasteiger partial charge in [-0.1, -0.05) is 11.3 Å². The molecule has 126 valence electrons. The summed E-state index contributed by atoms with van der Waals surface area (Å²) < 4.78 is 3.76. The molecular weight excluding hydrogens is 342 g/mol. The summed E-state index contributed by atoms with van der Waals surface area (Å²) in [6.07, 6.45) is 7.41. The minimum atomic E-state index is -1.09. The molecule has 1 fully saturated rings. The molecule has 2 aliphatic rings. The molecule has 0 spiro atoms. The summed E-state index contributed by atoms with van der Waals surface area (Å²) in [4.78, 5) is 24.5. The van der Waals surface area contributed by atoms with Crippen molar-refractivity contribution < 1.29 is 19.3 Å². The van der Waals surface area contributed by atoms with Crippen molar-refractivity contribution in [2.75, 3.05) is 0 Å². The summed E-state index contributed by atoms with van der Waals surface area (Å²) in [5.74, 6) is -1.38. The van der Waals surface area contributed by atoms with Gasteiger partial charge >= 0.3 is 5.97 Å². The summed E-state index contributed by atoms with van der Waals surface area (Å²) in [7, 11) is 0. The number of hydrogen-bond donors (Lipinski definition) is 1. The second-order valence-corrected chi connectivity index (χ2v) is 6.55. The Morgan fingerprint density at radius 3 is 2.92 bits per heavy atom. The number of β-lactam (4-membered cyclic amide) rings is 1. The fourth-order valence-corrected chi connectivity index (χ4v) is 3.83. The molecule has 25 heavy (non-hydrogen) atoms. The van der Waals surface area contributed by atoms with Gasteiger partial charge in [-0.2, -0.15) is 0 Å². The van der Waals surface area contributed by atoms with Gasteiger partial charge < -0.3 is 5.11 Å². The number of aliphatic carboxylic acids is 1. The number of aromatic nitrogens is 4. The molecule has 2 aliphatic heterocycles. The predicted molar refractivity (Wildman–Crippen MR) is 88.6 cm³/mol. The number of rotatable bonds is 5. The van der Waals surface area contributed by atoms with E-state index in [2.05, 4.69) is 10.3 Å². The zero-order valence-corrected chi connectivity index (χ0v) is 13.8. The number of carboxylic acids is 1. The fourth-order valence-electron chi connectivity index (χ4n) is 2.72. The molecule has 0 radical (unpaired) electrons. The largest absolute Gasteiger partial charge is 0.477 e. The first-order chi connectivity index (χ1) is 12.1. The Labute approximate surface area is 147 Å². The third-order valence-electron chi connectivity index (χ3n) is 3.98. The smallest absolute Gasteiger partial charge is 0.353 e. The molecule has 4 heterocycles. The molecular formula is C16H14N5O3S+. The average molecular weight is 356 g/mol. The third kappa shape index (κ3) is 2.82. The van der Waals surface area contributed by atoms with Crippen LogP contribution in [0.2, 0.25) is 0 Å².